The van der Waals surface area contributed by atoms with Crippen LogP contribution in [0.2, 0.25) is 0 Å². The fourth-order valence-electron chi connectivity index (χ4n) is 1.92. The fourth-order valence-corrected chi connectivity index (χ4v) is 1.92. The van der Waals surface area contributed by atoms with E-state index in [4.69, 9.17) is 5.73 Å². The zero-order chi connectivity index (χ0) is 12.8. The highest BCUT2D eigenvalue weighted by molar-refractivity contribution is 5.77. The van der Waals surface area contributed by atoms with E-state index in [-0.39, 0.29) is 18.0 Å². The predicted octanol–water partition coefficient (Wildman–Crippen LogP) is 0.148. The first-order valence-electron chi connectivity index (χ1n) is 5.62. The van der Waals surface area contributed by atoms with Crippen LogP contribution in [0, 0.1) is 0 Å². The first kappa shape index (κ1) is 13.6. The normalized spacial score (nSPS) is 14.4. The summed E-state index contributed by atoms with van der Waals surface area (Å²) in [4.78, 5) is 17.3. The molecular formula is C12H20N4O. The van der Waals surface area contributed by atoms with Crippen molar-refractivity contribution in [3.05, 3.63) is 30.1 Å². The second-order valence-electron chi connectivity index (χ2n) is 4.17. The van der Waals surface area contributed by atoms with Crippen molar-refractivity contribution in [1.29, 1.82) is 0 Å². The molecule has 0 fully saturated rings. The van der Waals surface area contributed by atoms with Crippen LogP contribution in [0.25, 0.3) is 0 Å². The van der Waals surface area contributed by atoms with Gasteiger partial charge in [0.1, 0.15) is 0 Å². The van der Waals surface area contributed by atoms with Crippen LogP contribution in [-0.4, -0.2) is 42.5 Å². The lowest BCUT2D eigenvalue weighted by atomic mass is 10.0. The molecule has 1 aromatic heterocycles. The minimum atomic E-state index is -0.0629. The van der Waals surface area contributed by atoms with E-state index >= 15 is 0 Å². The maximum Gasteiger partial charge on any atom is 0.233 e. The van der Waals surface area contributed by atoms with Gasteiger partial charge in [-0.3, -0.25) is 14.7 Å². The third-order valence-electron chi connectivity index (χ3n) is 2.69. The quantitative estimate of drug-likeness (QED) is 0.763. The predicted molar refractivity (Wildman–Crippen MR) is 67.3 cm³/mol. The van der Waals surface area contributed by atoms with Gasteiger partial charge in [-0.1, -0.05) is 0 Å². The van der Waals surface area contributed by atoms with Crippen molar-refractivity contribution in [2.75, 3.05) is 20.6 Å². The average molecular weight is 236 g/mol. The van der Waals surface area contributed by atoms with Crippen LogP contribution < -0.4 is 11.1 Å². The maximum atomic E-state index is 11.4. The fraction of sp³-hybridized carbons (Fsp3) is 0.500. The van der Waals surface area contributed by atoms with Gasteiger partial charge in [-0.25, -0.2) is 0 Å². The van der Waals surface area contributed by atoms with Gasteiger partial charge in [-0.05, 0) is 31.7 Å². The van der Waals surface area contributed by atoms with Gasteiger partial charge < -0.3 is 11.1 Å². The summed E-state index contributed by atoms with van der Waals surface area (Å²) >= 11 is 0. The minimum absolute atomic E-state index is 0.00954. The molecule has 0 radical (unpaired) electrons. The highest BCUT2D eigenvalue weighted by atomic mass is 16.1. The Morgan fingerprint density at radius 2 is 2.12 bits per heavy atom. The summed E-state index contributed by atoms with van der Waals surface area (Å²) in [5.41, 5.74) is 7.06. The average Bonchev–Trinajstić information content (AvgIpc) is 2.29. The molecule has 2 unspecified atom stereocenters. The second-order valence-corrected chi connectivity index (χ2v) is 4.17. The Hall–Kier alpha value is -1.46. The molecule has 3 N–H and O–H groups in total. The zero-order valence-corrected chi connectivity index (χ0v) is 10.6. The zero-order valence-electron chi connectivity index (χ0n) is 10.6. The number of nitrogens with two attached hydrogens (primary N) is 1. The topological polar surface area (TPSA) is 71.2 Å². The number of nitrogens with zero attached hydrogens (tertiary/aromatic N) is 2. The van der Waals surface area contributed by atoms with Crippen LogP contribution in [0.3, 0.4) is 0 Å². The molecule has 1 heterocycles. The Labute approximate surface area is 102 Å². The lowest BCUT2D eigenvalue weighted by Crippen LogP contribution is -2.42. The smallest absolute Gasteiger partial charge is 0.233 e. The summed E-state index contributed by atoms with van der Waals surface area (Å²) in [6, 6.07) is 3.80. The van der Waals surface area contributed by atoms with Gasteiger partial charge in [0, 0.05) is 31.5 Å². The number of hydrogen-bond acceptors (Lipinski definition) is 4. The molecule has 0 saturated heterocycles. The van der Waals surface area contributed by atoms with Crippen molar-refractivity contribution < 1.29 is 4.79 Å². The van der Waals surface area contributed by atoms with E-state index in [2.05, 4.69) is 10.3 Å². The third-order valence-corrected chi connectivity index (χ3v) is 2.69. The molecular weight excluding hydrogens is 216 g/mol. The molecule has 2 atom stereocenters. The molecule has 0 bridgehead atoms. The van der Waals surface area contributed by atoms with Crippen molar-refractivity contribution in [1.82, 2.24) is 15.2 Å². The number of rotatable bonds is 5. The number of likely N-dealkylation sites (N-methyl/N-ethyl adjacent to an activating group) is 2. The molecule has 5 nitrogen and oxygen atoms in total. The Morgan fingerprint density at radius 1 is 1.53 bits per heavy atom. The lowest BCUT2D eigenvalue weighted by Gasteiger charge is -2.30. The molecule has 94 valence electrons. The second kappa shape index (κ2) is 6.32. The maximum absolute atomic E-state index is 11.4. The van der Waals surface area contributed by atoms with Crippen molar-refractivity contribution in [3.8, 4) is 0 Å². The van der Waals surface area contributed by atoms with Crippen molar-refractivity contribution in [2.45, 2.75) is 19.0 Å². The highest BCUT2D eigenvalue weighted by Crippen LogP contribution is 2.20. The monoisotopic (exact) mass is 236 g/mol. The summed E-state index contributed by atoms with van der Waals surface area (Å²) in [5.74, 6) is -0.0211. The molecule has 0 saturated carbocycles. The molecule has 17 heavy (non-hydrogen) atoms. The summed E-state index contributed by atoms with van der Waals surface area (Å²) in [5, 5.41) is 2.61. The van der Waals surface area contributed by atoms with Crippen LogP contribution in [0.15, 0.2) is 24.5 Å². The minimum Gasteiger partial charge on any atom is -0.358 e. The first-order valence-corrected chi connectivity index (χ1v) is 5.62. The van der Waals surface area contributed by atoms with Gasteiger partial charge in [0.25, 0.3) is 0 Å². The Bertz CT molecular complexity index is 353. The van der Waals surface area contributed by atoms with Gasteiger partial charge >= 0.3 is 0 Å². The van der Waals surface area contributed by atoms with Crippen molar-refractivity contribution in [2.24, 2.45) is 5.73 Å². The van der Waals surface area contributed by atoms with Crippen molar-refractivity contribution >= 4 is 5.91 Å². The number of carbonyl (C=O) groups excluding carboxylic acids is 1. The van der Waals surface area contributed by atoms with E-state index in [1.807, 2.05) is 31.0 Å². The number of hydrogen-bond donors (Lipinski definition) is 2. The van der Waals surface area contributed by atoms with Crippen LogP contribution in [0.1, 0.15) is 18.5 Å². The molecule has 0 aromatic carbocycles. The van der Waals surface area contributed by atoms with Gasteiger partial charge in [0.15, 0.2) is 0 Å². The lowest BCUT2D eigenvalue weighted by molar-refractivity contribution is -0.122. The summed E-state index contributed by atoms with van der Waals surface area (Å²) in [7, 11) is 3.52. The van der Waals surface area contributed by atoms with Crippen molar-refractivity contribution in [3.63, 3.8) is 0 Å². The number of aromatic nitrogens is 1. The van der Waals surface area contributed by atoms with E-state index in [0.29, 0.717) is 6.54 Å². The Kier molecular flexibility index (Phi) is 5.06. The standard InChI is InChI=1S/C12H20N4O/c1-9(13)12(10-4-6-15-7-5-10)16(3)8-11(17)14-2/h4-7,9,12H,8,13H2,1-3H3,(H,14,17). The van der Waals surface area contributed by atoms with E-state index in [1.54, 1.807) is 19.4 Å². The van der Waals surface area contributed by atoms with Crippen LogP contribution in [-0.2, 0) is 4.79 Å². The number of pyridine rings is 1. The van der Waals surface area contributed by atoms with E-state index in [0.717, 1.165) is 5.56 Å². The number of carbonyl (C=O) groups is 1. The van der Waals surface area contributed by atoms with Crippen LogP contribution >= 0.6 is 0 Å². The highest BCUT2D eigenvalue weighted by Gasteiger charge is 2.22. The number of nitrogens with one attached hydrogen (secondary N) is 1. The third kappa shape index (κ3) is 3.80. The molecule has 0 aliphatic rings. The Morgan fingerprint density at radius 3 is 2.59 bits per heavy atom. The Balaban J connectivity index is 2.83. The molecule has 1 rings (SSSR count). The van der Waals surface area contributed by atoms with E-state index < -0.39 is 0 Å². The molecule has 1 aromatic rings. The molecule has 0 aliphatic heterocycles. The molecule has 0 spiro atoms. The van der Waals surface area contributed by atoms with Gasteiger partial charge in [-0.2, -0.15) is 0 Å². The molecule has 1 amide bonds. The summed E-state index contributed by atoms with van der Waals surface area (Å²) < 4.78 is 0. The SMILES string of the molecule is CNC(=O)CN(C)C(c1ccncc1)C(C)N. The largest absolute Gasteiger partial charge is 0.358 e. The summed E-state index contributed by atoms with van der Waals surface area (Å²) in [6.45, 7) is 2.26. The van der Waals surface area contributed by atoms with Gasteiger partial charge in [0.05, 0.1) is 6.54 Å². The number of amides is 1. The van der Waals surface area contributed by atoms with Gasteiger partial charge in [0.2, 0.25) is 5.91 Å². The first-order chi connectivity index (χ1) is 8.06. The molecule has 0 aliphatic carbocycles. The van der Waals surface area contributed by atoms with Gasteiger partial charge in [-0.15, -0.1) is 0 Å². The van der Waals surface area contributed by atoms with E-state index in [9.17, 15) is 4.79 Å². The van der Waals surface area contributed by atoms with Crippen LogP contribution in [0.5, 0.6) is 0 Å². The van der Waals surface area contributed by atoms with E-state index in [1.165, 1.54) is 0 Å². The summed E-state index contributed by atoms with van der Waals surface area (Å²) in [6.07, 6.45) is 3.47. The van der Waals surface area contributed by atoms with Crippen LogP contribution in [0.4, 0.5) is 0 Å². The molecule has 5 heteroatoms.